The van der Waals surface area contributed by atoms with Crippen molar-refractivity contribution < 1.29 is 0 Å². The fourth-order valence-electron chi connectivity index (χ4n) is 2.41. The first kappa shape index (κ1) is 18.5. The van der Waals surface area contributed by atoms with Crippen LogP contribution in [0.15, 0.2) is 17.4 Å². The Morgan fingerprint density at radius 2 is 2.14 bits per heavy atom. The molecule has 1 heterocycles. The van der Waals surface area contributed by atoms with Crippen LogP contribution < -0.4 is 10.6 Å². The van der Waals surface area contributed by atoms with Crippen LogP contribution in [0.2, 0.25) is 0 Å². The molecular weight excluding hydrogens is 276 g/mol. The Morgan fingerprint density at radius 1 is 1.41 bits per heavy atom. The van der Waals surface area contributed by atoms with Crippen molar-refractivity contribution in [2.24, 2.45) is 12.0 Å². The summed E-state index contributed by atoms with van der Waals surface area (Å²) in [7, 11) is 3.73. The molecule has 0 saturated heterocycles. The first-order chi connectivity index (χ1) is 10.6. The van der Waals surface area contributed by atoms with Crippen LogP contribution in [-0.4, -0.2) is 53.4 Å². The summed E-state index contributed by atoms with van der Waals surface area (Å²) < 4.78 is 1.81. The van der Waals surface area contributed by atoms with Crippen molar-refractivity contribution >= 4 is 5.96 Å². The van der Waals surface area contributed by atoms with Gasteiger partial charge in [-0.15, -0.1) is 0 Å². The third-order valence-corrected chi connectivity index (χ3v) is 3.83. The van der Waals surface area contributed by atoms with Crippen molar-refractivity contribution in [2.45, 2.75) is 46.2 Å². The molecule has 0 saturated carbocycles. The zero-order valence-corrected chi connectivity index (χ0v) is 14.8. The molecule has 0 aliphatic rings. The summed E-state index contributed by atoms with van der Waals surface area (Å²) in [5, 5.41) is 10.9. The molecule has 0 aliphatic heterocycles. The van der Waals surface area contributed by atoms with E-state index in [0.29, 0.717) is 6.04 Å². The van der Waals surface area contributed by atoms with E-state index in [9.17, 15) is 0 Å². The van der Waals surface area contributed by atoms with Gasteiger partial charge in [0.25, 0.3) is 0 Å². The van der Waals surface area contributed by atoms with E-state index in [-0.39, 0.29) is 0 Å². The normalized spacial score (nSPS) is 13.5. The van der Waals surface area contributed by atoms with Gasteiger partial charge in [0.05, 0.1) is 6.20 Å². The molecule has 0 aromatic carbocycles. The summed E-state index contributed by atoms with van der Waals surface area (Å²) in [5.41, 5.74) is 1.15. The van der Waals surface area contributed by atoms with Gasteiger partial charge in [0.1, 0.15) is 0 Å². The molecule has 0 bridgehead atoms. The number of nitrogens with zero attached hydrogens (tertiary/aromatic N) is 4. The number of aromatic nitrogens is 2. The molecule has 6 heteroatoms. The van der Waals surface area contributed by atoms with Gasteiger partial charge in [-0.2, -0.15) is 5.10 Å². The monoisotopic (exact) mass is 308 g/mol. The molecule has 0 aliphatic carbocycles. The van der Waals surface area contributed by atoms with Gasteiger partial charge in [-0.25, -0.2) is 0 Å². The van der Waals surface area contributed by atoms with Gasteiger partial charge >= 0.3 is 0 Å². The highest BCUT2D eigenvalue weighted by atomic mass is 15.2. The molecule has 1 unspecified atom stereocenters. The van der Waals surface area contributed by atoms with Crippen LogP contribution in [0.4, 0.5) is 0 Å². The van der Waals surface area contributed by atoms with Gasteiger partial charge in [0.15, 0.2) is 5.96 Å². The third-order valence-electron chi connectivity index (χ3n) is 3.83. The second kappa shape index (κ2) is 10.2. The molecule has 1 aromatic rings. The Morgan fingerprint density at radius 3 is 2.68 bits per heavy atom. The Labute approximate surface area is 135 Å². The highest BCUT2D eigenvalue weighted by molar-refractivity contribution is 5.79. The van der Waals surface area contributed by atoms with Crippen LogP contribution in [0, 0.1) is 0 Å². The predicted octanol–water partition coefficient (Wildman–Crippen LogP) is 1.60. The quantitative estimate of drug-likeness (QED) is 0.537. The van der Waals surface area contributed by atoms with E-state index in [1.807, 2.05) is 24.1 Å². The van der Waals surface area contributed by atoms with Crippen LogP contribution in [0.25, 0.3) is 0 Å². The van der Waals surface area contributed by atoms with Crippen molar-refractivity contribution in [3.63, 3.8) is 0 Å². The summed E-state index contributed by atoms with van der Waals surface area (Å²) in [6.45, 7) is 10.8. The summed E-state index contributed by atoms with van der Waals surface area (Å²) in [6.07, 6.45) is 6.22. The summed E-state index contributed by atoms with van der Waals surface area (Å²) >= 11 is 0. The number of rotatable bonds is 9. The predicted molar refractivity (Wildman–Crippen MR) is 93.0 cm³/mol. The minimum Gasteiger partial charge on any atom is -0.354 e. The lowest BCUT2D eigenvalue weighted by Gasteiger charge is -2.21. The highest BCUT2D eigenvalue weighted by Gasteiger charge is 2.07. The first-order valence-corrected chi connectivity index (χ1v) is 8.26. The lowest BCUT2D eigenvalue weighted by molar-refractivity contribution is 0.292. The Balaban J connectivity index is 2.26. The zero-order chi connectivity index (χ0) is 16.4. The van der Waals surface area contributed by atoms with Gasteiger partial charge in [-0.1, -0.05) is 13.8 Å². The number of aliphatic imine (C=N–C) groups is 1. The van der Waals surface area contributed by atoms with Crippen LogP contribution in [-0.2, 0) is 13.6 Å². The lowest BCUT2D eigenvalue weighted by Crippen LogP contribution is -2.42. The summed E-state index contributed by atoms with van der Waals surface area (Å²) in [5.74, 6) is 0.846. The number of hydrogen-bond acceptors (Lipinski definition) is 3. The van der Waals surface area contributed by atoms with E-state index in [1.54, 1.807) is 7.05 Å². The molecule has 1 rings (SSSR count). The van der Waals surface area contributed by atoms with Gasteiger partial charge in [-0.05, 0) is 39.4 Å². The minimum absolute atomic E-state index is 0.413. The molecule has 0 spiro atoms. The SMILES string of the molecule is CCN(CC)CCCC(C)NC(=NC)NCc1cnn(C)c1. The number of nitrogens with one attached hydrogen (secondary N) is 2. The highest BCUT2D eigenvalue weighted by Crippen LogP contribution is 2.00. The molecule has 1 atom stereocenters. The fourth-order valence-corrected chi connectivity index (χ4v) is 2.41. The minimum atomic E-state index is 0.413. The smallest absolute Gasteiger partial charge is 0.191 e. The Hall–Kier alpha value is -1.56. The number of guanidine groups is 1. The average molecular weight is 308 g/mol. The third kappa shape index (κ3) is 6.93. The Kier molecular flexibility index (Phi) is 8.58. The maximum Gasteiger partial charge on any atom is 0.191 e. The van der Waals surface area contributed by atoms with Crippen molar-refractivity contribution in [2.75, 3.05) is 26.7 Å². The van der Waals surface area contributed by atoms with Gasteiger partial charge in [0, 0.05) is 38.4 Å². The van der Waals surface area contributed by atoms with Gasteiger partial charge < -0.3 is 15.5 Å². The molecule has 0 amide bonds. The largest absolute Gasteiger partial charge is 0.354 e. The van der Waals surface area contributed by atoms with E-state index >= 15 is 0 Å². The summed E-state index contributed by atoms with van der Waals surface area (Å²) in [6, 6.07) is 0.413. The number of hydrogen-bond donors (Lipinski definition) is 2. The maximum absolute atomic E-state index is 4.28. The zero-order valence-electron chi connectivity index (χ0n) is 14.8. The second-order valence-electron chi connectivity index (χ2n) is 5.66. The maximum atomic E-state index is 4.28. The van der Waals surface area contributed by atoms with Gasteiger partial charge in [-0.3, -0.25) is 9.67 Å². The van der Waals surface area contributed by atoms with E-state index in [2.05, 4.69) is 46.4 Å². The molecule has 1 aromatic heterocycles. The van der Waals surface area contributed by atoms with E-state index in [1.165, 1.54) is 13.0 Å². The first-order valence-electron chi connectivity index (χ1n) is 8.26. The van der Waals surface area contributed by atoms with Crippen molar-refractivity contribution in [3.8, 4) is 0 Å². The Bertz CT molecular complexity index is 436. The van der Waals surface area contributed by atoms with Crippen molar-refractivity contribution in [1.29, 1.82) is 0 Å². The molecule has 22 heavy (non-hydrogen) atoms. The summed E-state index contributed by atoms with van der Waals surface area (Å²) in [4.78, 5) is 6.74. The van der Waals surface area contributed by atoms with Crippen LogP contribution in [0.5, 0.6) is 0 Å². The second-order valence-corrected chi connectivity index (χ2v) is 5.66. The topological polar surface area (TPSA) is 57.5 Å². The van der Waals surface area contributed by atoms with Crippen LogP contribution in [0.1, 0.15) is 39.2 Å². The van der Waals surface area contributed by atoms with Crippen molar-refractivity contribution in [3.05, 3.63) is 18.0 Å². The van der Waals surface area contributed by atoms with Crippen LogP contribution >= 0.6 is 0 Å². The lowest BCUT2D eigenvalue weighted by atomic mass is 10.2. The van der Waals surface area contributed by atoms with E-state index < -0.39 is 0 Å². The standard InChI is InChI=1S/C16H32N6/c1-6-22(7-2)10-8-9-14(3)20-16(17-4)18-11-15-12-19-21(5)13-15/h12-14H,6-11H2,1-5H3,(H2,17,18,20). The van der Waals surface area contributed by atoms with Crippen molar-refractivity contribution in [1.82, 2.24) is 25.3 Å². The molecule has 126 valence electrons. The molecule has 2 N–H and O–H groups in total. The number of aryl methyl sites for hydroxylation is 1. The van der Waals surface area contributed by atoms with Crippen LogP contribution in [0.3, 0.4) is 0 Å². The molecule has 6 nitrogen and oxygen atoms in total. The van der Waals surface area contributed by atoms with Gasteiger partial charge in [0.2, 0.25) is 0 Å². The van der Waals surface area contributed by atoms with E-state index in [0.717, 1.165) is 37.6 Å². The molecule has 0 radical (unpaired) electrons. The molecular formula is C16H32N6. The molecule has 0 fully saturated rings. The van der Waals surface area contributed by atoms with E-state index in [4.69, 9.17) is 0 Å². The fraction of sp³-hybridized carbons (Fsp3) is 0.750. The average Bonchev–Trinajstić information content (AvgIpc) is 2.93.